The van der Waals surface area contributed by atoms with E-state index < -0.39 is 15.7 Å². The Labute approximate surface area is 210 Å². The number of carbonyl (C=O) groups excluding carboxylic acids is 2. The summed E-state index contributed by atoms with van der Waals surface area (Å²) < 4.78 is 27.4. The molecule has 1 saturated heterocycles. The highest BCUT2D eigenvalue weighted by atomic mass is 32.2. The van der Waals surface area contributed by atoms with Crippen LogP contribution in [0, 0.1) is 5.92 Å². The van der Waals surface area contributed by atoms with Gasteiger partial charge in [0.1, 0.15) is 17.2 Å². The van der Waals surface area contributed by atoms with Crippen LogP contribution in [-0.2, 0) is 9.84 Å². The summed E-state index contributed by atoms with van der Waals surface area (Å²) in [5.74, 6) is -0.100. The number of carbonyl (C=O) groups is 2. The van der Waals surface area contributed by atoms with E-state index >= 15 is 0 Å². The minimum Gasteiger partial charge on any atom is -0.365 e. The first-order valence-electron chi connectivity index (χ1n) is 11.6. The number of nitrogens with one attached hydrogen (secondary N) is 1. The summed E-state index contributed by atoms with van der Waals surface area (Å²) in [6, 6.07) is 12.6. The molecule has 0 aliphatic carbocycles. The number of ketones is 1. The number of benzene rings is 1. The molecule has 0 radical (unpaired) electrons. The van der Waals surface area contributed by atoms with Crippen molar-refractivity contribution < 1.29 is 18.0 Å². The van der Waals surface area contributed by atoms with Gasteiger partial charge in [0.25, 0.3) is 5.91 Å². The van der Waals surface area contributed by atoms with Crippen LogP contribution < -0.4 is 16.0 Å². The maximum Gasteiger partial charge on any atom is 0.253 e. The number of sulfone groups is 1. The van der Waals surface area contributed by atoms with Crippen LogP contribution in [0.4, 0.5) is 17.3 Å². The number of nitrogens with zero attached hydrogens (tertiary/aromatic N) is 3. The topological polar surface area (TPSA) is 135 Å². The molecule has 1 unspecified atom stereocenters. The third-order valence-corrected chi connectivity index (χ3v) is 7.99. The predicted octanol–water partition coefficient (Wildman–Crippen LogP) is 3.98. The largest absolute Gasteiger partial charge is 0.365 e. The quantitative estimate of drug-likeness (QED) is 0.459. The number of anilines is 3. The molecular formula is C26H29N5O4S. The summed E-state index contributed by atoms with van der Waals surface area (Å²) in [6.07, 6.45) is 2.24. The zero-order valence-corrected chi connectivity index (χ0v) is 21.5. The molecular weight excluding hydrogens is 478 g/mol. The van der Waals surface area contributed by atoms with Gasteiger partial charge in [0, 0.05) is 29.5 Å². The molecule has 3 heterocycles. The molecule has 1 aliphatic heterocycles. The van der Waals surface area contributed by atoms with Gasteiger partial charge >= 0.3 is 0 Å². The van der Waals surface area contributed by atoms with E-state index in [1.807, 2.05) is 18.7 Å². The second-order valence-corrected chi connectivity index (χ2v) is 11.6. The summed E-state index contributed by atoms with van der Waals surface area (Å²) in [7, 11) is -4.23. The number of primary amides is 1. The van der Waals surface area contributed by atoms with Gasteiger partial charge in [-0.3, -0.25) is 9.59 Å². The maximum atomic E-state index is 13.7. The molecule has 4 rings (SSSR count). The Morgan fingerprint density at radius 2 is 1.86 bits per heavy atom. The molecule has 2 aromatic heterocycles. The van der Waals surface area contributed by atoms with Crippen molar-refractivity contribution in [3.63, 3.8) is 0 Å². The third kappa shape index (κ3) is 4.81. The molecule has 0 spiro atoms. The zero-order chi connectivity index (χ0) is 26.3. The molecule has 0 bridgehead atoms. The van der Waals surface area contributed by atoms with E-state index in [1.165, 1.54) is 25.3 Å². The fourth-order valence-electron chi connectivity index (χ4n) is 4.76. The van der Waals surface area contributed by atoms with Gasteiger partial charge in [-0.05, 0) is 63.4 Å². The fourth-order valence-corrected chi connectivity index (χ4v) is 6.17. The van der Waals surface area contributed by atoms with Crippen LogP contribution in [0.15, 0.2) is 64.6 Å². The number of pyridine rings is 2. The third-order valence-electron chi connectivity index (χ3n) is 6.30. The number of rotatable bonds is 7. The van der Waals surface area contributed by atoms with Crippen molar-refractivity contribution in [3.8, 4) is 0 Å². The van der Waals surface area contributed by atoms with Crippen LogP contribution in [-0.4, -0.2) is 42.2 Å². The zero-order valence-electron chi connectivity index (χ0n) is 20.6. The lowest BCUT2D eigenvalue weighted by molar-refractivity contribution is 0.0993. The molecule has 1 amide bonds. The Hall–Kier alpha value is -3.79. The van der Waals surface area contributed by atoms with E-state index in [0.29, 0.717) is 23.7 Å². The molecule has 9 nitrogen and oxygen atoms in total. The highest BCUT2D eigenvalue weighted by molar-refractivity contribution is 7.91. The van der Waals surface area contributed by atoms with E-state index in [-0.39, 0.29) is 38.4 Å². The van der Waals surface area contributed by atoms with Gasteiger partial charge in [-0.1, -0.05) is 25.1 Å². The van der Waals surface area contributed by atoms with E-state index in [0.717, 1.165) is 6.42 Å². The van der Waals surface area contributed by atoms with Crippen molar-refractivity contribution in [1.29, 1.82) is 0 Å². The van der Waals surface area contributed by atoms with Gasteiger partial charge in [-0.15, -0.1) is 0 Å². The number of amides is 1. The average molecular weight is 508 g/mol. The first-order chi connectivity index (χ1) is 16.9. The monoisotopic (exact) mass is 507 g/mol. The van der Waals surface area contributed by atoms with Gasteiger partial charge in [0.05, 0.1) is 4.90 Å². The second-order valence-electron chi connectivity index (χ2n) is 9.73. The van der Waals surface area contributed by atoms with Crippen LogP contribution in [0.2, 0.25) is 0 Å². The van der Waals surface area contributed by atoms with Gasteiger partial charge in [-0.25, -0.2) is 18.4 Å². The first-order valence-corrected chi connectivity index (χ1v) is 13.0. The van der Waals surface area contributed by atoms with Crippen molar-refractivity contribution in [1.82, 2.24) is 9.97 Å². The lowest BCUT2D eigenvalue weighted by Crippen LogP contribution is -2.40. The Kier molecular flexibility index (Phi) is 6.57. The van der Waals surface area contributed by atoms with Gasteiger partial charge in [-0.2, -0.15) is 0 Å². The van der Waals surface area contributed by atoms with Crippen molar-refractivity contribution in [2.24, 2.45) is 11.7 Å². The molecule has 10 heteroatoms. The lowest BCUT2D eigenvalue weighted by atomic mass is 9.97. The van der Waals surface area contributed by atoms with Crippen LogP contribution in [0.1, 0.15) is 54.8 Å². The summed E-state index contributed by atoms with van der Waals surface area (Å²) in [5, 5.41) is 2.79. The van der Waals surface area contributed by atoms with Crippen molar-refractivity contribution in [3.05, 3.63) is 65.9 Å². The van der Waals surface area contributed by atoms with Gasteiger partial charge < -0.3 is 16.0 Å². The van der Waals surface area contributed by atoms with Crippen LogP contribution in [0.5, 0.6) is 0 Å². The fraction of sp³-hybridized carbons (Fsp3) is 0.308. The second kappa shape index (κ2) is 9.34. The number of Topliss-reactive ketones (excluding diaryl/α,β-unsaturated/α-hetero) is 1. The molecule has 1 aromatic carbocycles. The summed E-state index contributed by atoms with van der Waals surface area (Å²) in [5.41, 5.74) is 6.35. The van der Waals surface area contributed by atoms with E-state index in [4.69, 9.17) is 5.73 Å². The number of hydrogen-bond donors (Lipinski definition) is 2. The van der Waals surface area contributed by atoms with Crippen molar-refractivity contribution in [2.45, 2.75) is 49.6 Å². The van der Waals surface area contributed by atoms with Gasteiger partial charge in [0.2, 0.25) is 9.84 Å². The number of aromatic nitrogens is 2. The molecule has 1 fully saturated rings. The molecule has 3 aromatic rings. The Morgan fingerprint density at radius 3 is 2.50 bits per heavy atom. The summed E-state index contributed by atoms with van der Waals surface area (Å²) in [6.45, 7) is 8.25. The van der Waals surface area contributed by atoms with Crippen LogP contribution >= 0.6 is 0 Å². The SMILES string of the molecule is CC(=O)c1cccc(Nc2cccc(S(=O)(=O)c3ccnc(N4CC(C)CC4(C)C)c3C(N)=O)n2)c1. The minimum absolute atomic E-state index is 0.0917. The Balaban J connectivity index is 1.76. The Morgan fingerprint density at radius 1 is 1.14 bits per heavy atom. The summed E-state index contributed by atoms with van der Waals surface area (Å²) >= 11 is 0. The van der Waals surface area contributed by atoms with Crippen LogP contribution in [0.3, 0.4) is 0 Å². The number of hydrogen-bond acceptors (Lipinski definition) is 8. The number of nitrogens with two attached hydrogens (primary N) is 1. The molecule has 1 aliphatic rings. The standard InChI is InChI=1S/C26H29N5O4S/c1-16-14-26(3,4)31(15-16)25-23(24(27)33)20(11-12-28-25)36(34,35)22-10-6-9-21(30-22)29-19-8-5-7-18(13-19)17(2)32/h5-13,16H,14-15H2,1-4H3,(H2,27,33)(H,29,30). The predicted molar refractivity (Wildman–Crippen MR) is 137 cm³/mol. The van der Waals surface area contributed by atoms with Crippen molar-refractivity contribution in [2.75, 3.05) is 16.8 Å². The van der Waals surface area contributed by atoms with Gasteiger partial charge in [0.15, 0.2) is 10.8 Å². The highest BCUT2D eigenvalue weighted by Gasteiger charge is 2.40. The maximum absolute atomic E-state index is 13.7. The normalized spacial score (nSPS) is 17.1. The Bertz CT molecular complexity index is 1450. The summed E-state index contributed by atoms with van der Waals surface area (Å²) in [4.78, 5) is 34.7. The molecule has 3 N–H and O–H groups in total. The molecule has 36 heavy (non-hydrogen) atoms. The lowest BCUT2D eigenvalue weighted by Gasteiger charge is -2.33. The first kappa shape index (κ1) is 25.3. The van der Waals surface area contributed by atoms with Crippen molar-refractivity contribution >= 4 is 38.9 Å². The molecule has 1 atom stereocenters. The highest BCUT2D eigenvalue weighted by Crippen LogP contribution is 2.39. The smallest absolute Gasteiger partial charge is 0.253 e. The van der Waals surface area contributed by atoms with E-state index in [2.05, 4.69) is 22.2 Å². The molecule has 0 saturated carbocycles. The van der Waals surface area contributed by atoms with E-state index in [9.17, 15) is 18.0 Å². The van der Waals surface area contributed by atoms with Crippen LogP contribution in [0.25, 0.3) is 0 Å². The molecule has 188 valence electrons. The van der Waals surface area contributed by atoms with E-state index in [1.54, 1.807) is 36.4 Å². The minimum atomic E-state index is -4.23. The average Bonchev–Trinajstić information content (AvgIpc) is 3.10.